The molecule has 5 heteroatoms. The van der Waals surface area contributed by atoms with Gasteiger partial charge in [0.25, 0.3) is 0 Å². The third-order valence-corrected chi connectivity index (χ3v) is 3.55. The Hall–Kier alpha value is -0.520. The smallest absolute Gasteiger partial charge is 0.148 e. The summed E-state index contributed by atoms with van der Waals surface area (Å²) in [6.45, 7) is 0. The van der Waals surface area contributed by atoms with Gasteiger partial charge in [-0.25, -0.2) is 4.39 Å². The molecule has 1 aliphatic carbocycles. The van der Waals surface area contributed by atoms with Crippen molar-refractivity contribution in [2.75, 3.05) is 0 Å². The number of aliphatic hydroxyl groups excluding tert-OH is 1. The third kappa shape index (κ3) is 3.72. The third-order valence-electron chi connectivity index (χ3n) is 3.08. The van der Waals surface area contributed by atoms with Gasteiger partial charge in [-0.15, -0.1) is 0 Å². The summed E-state index contributed by atoms with van der Waals surface area (Å²) in [7, 11) is 0. The van der Waals surface area contributed by atoms with E-state index in [-0.39, 0.29) is 6.04 Å². The lowest BCUT2D eigenvalue weighted by atomic mass is 9.94. The molecular formula is C12H16BrFN2O. The number of pyridine rings is 1. The highest BCUT2D eigenvalue weighted by atomic mass is 79.9. The second kappa shape index (κ2) is 5.89. The first-order valence-corrected chi connectivity index (χ1v) is 6.64. The second-order valence-electron chi connectivity index (χ2n) is 4.42. The Balaban J connectivity index is 1.88. The summed E-state index contributed by atoms with van der Waals surface area (Å²) < 4.78 is 13.8. The molecule has 0 bridgehead atoms. The lowest BCUT2D eigenvalue weighted by Gasteiger charge is -2.27. The summed E-state index contributed by atoms with van der Waals surface area (Å²) in [5.41, 5.74) is 0.593. The van der Waals surface area contributed by atoms with Crippen LogP contribution < -0.4 is 5.32 Å². The lowest BCUT2D eigenvalue weighted by molar-refractivity contribution is 0.0999. The molecule has 1 heterocycles. The molecule has 1 atom stereocenters. The average Bonchev–Trinajstić information content (AvgIpc) is 2.33. The van der Waals surface area contributed by atoms with Crippen LogP contribution in [-0.4, -0.2) is 22.3 Å². The van der Waals surface area contributed by atoms with E-state index in [1.807, 2.05) is 6.07 Å². The van der Waals surface area contributed by atoms with Gasteiger partial charge in [0.15, 0.2) is 0 Å². The van der Waals surface area contributed by atoms with E-state index in [0.29, 0.717) is 18.5 Å². The van der Waals surface area contributed by atoms with Crippen LogP contribution in [0.15, 0.2) is 22.8 Å². The summed E-state index contributed by atoms with van der Waals surface area (Å²) in [6.07, 6.45) is 2.92. The molecule has 0 saturated heterocycles. The number of aliphatic hydroxyl groups is 1. The molecule has 3 nitrogen and oxygen atoms in total. The second-order valence-corrected chi connectivity index (χ2v) is 5.34. The molecule has 1 fully saturated rings. The van der Waals surface area contributed by atoms with Crippen LogP contribution in [-0.2, 0) is 0 Å². The maximum atomic E-state index is 13.0. The van der Waals surface area contributed by atoms with Gasteiger partial charge in [0, 0.05) is 16.7 Å². The zero-order chi connectivity index (χ0) is 12.3. The molecule has 1 aliphatic rings. The van der Waals surface area contributed by atoms with Crippen molar-refractivity contribution in [3.05, 3.63) is 28.5 Å². The number of alkyl halides is 1. The predicted molar refractivity (Wildman–Crippen MR) is 67.2 cm³/mol. The molecule has 0 aromatic carbocycles. The van der Waals surface area contributed by atoms with Crippen molar-refractivity contribution in [2.45, 2.75) is 44.1 Å². The van der Waals surface area contributed by atoms with Gasteiger partial charge >= 0.3 is 0 Å². The van der Waals surface area contributed by atoms with Crippen LogP contribution in [0.1, 0.15) is 37.6 Å². The quantitative estimate of drug-likeness (QED) is 0.844. The molecule has 1 saturated carbocycles. The van der Waals surface area contributed by atoms with Crippen molar-refractivity contribution >= 4 is 15.9 Å². The highest BCUT2D eigenvalue weighted by Gasteiger charge is 2.22. The summed E-state index contributed by atoms with van der Waals surface area (Å²) in [6, 6.07) is 3.79. The molecule has 17 heavy (non-hydrogen) atoms. The molecule has 2 rings (SSSR count). The SMILES string of the molecule is OC(NC1CCC(F)CC1)c1ccc(Br)cn1. The van der Waals surface area contributed by atoms with Crippen molar-refractivity contribution in [2.24, 2.45) is 0 Å². The van der Waals surface area contributed by atoms with Gasteiger partial charge in [0.05, 0.1) is 5.69 Å². The van der Waals surface area contributed by atoms with E-state index in [0.717, 1.165) is 17.3 Å². The number of nitrogens with one attached hydrogen (secondary N) is 1. The summed E-state index contributed by atoms with van der Waals surface area (Å²) in [4.78, 5) is 4.13. The van der Waals surface area contributed by atoms with Gasteiger partial charge in [-0.1, -0.05) is 0 Å². The molecule has 1 aromatic rings. The predicted octanol–water partition coefficient (Wildman–Crippen LogP) is 2.71. The zero-order valence-electron chi connectivity index (χ0n) is 9.44. The van der Waals surface area contributed by atoms with Crippen molar-refractivity contribution in [3.8, 4) is 0 Å². The van der Waals surface area contributed by atoms with E-state index in [1.165, 1.54) is 0 Å². The minimum absolute atomic E-state index is 0.183. The van der Waals surface area contributed by atoms with E-state index in [4.69, 9.17) is 0 Å². The fourth-order valence-corrected chi connectivity index (χ4v) is 2.31. The van der Waals surface area contributed by atoms with E-state index in [2.05, 4.69) is 26.2 Å². The van der Waals surface area contributed by atoms with Crippen molar-refractivity contribution in [1.82, 2.24) is 10.3 Å². The summed E-state index contributed by atoms with van der Waals surface area (Å²) in [5.74, 6) is 0. The van der Waals surface area contributed by atoms with E-state index in [9.17, 15) is 9.50 Å². The Kier molecular flexibility index (Phi) is 4.48. The standard InChI is InChI=1S/C12H16BrFN2O/c13-8-1-6-11(15-7-8)12(17)16-10-4-2-9(14)3-5-10/h1,6-7,9-10,12,16-17H,2-5H2. The number of aromatic nitrogens is 1. The first-order valence-electron chi connectivity index (χ1n) is 5.85. The Bertz CT molecular complexity index is 352. The largest absolute Gasteiger partial charge is 0.373 e. The maximum Gasteiger partial charge on any atom is 0.148 e. The van der Waals surface area contributed by atoms with E-state index in [1.54, 1.807) is 12.3 Å². The van der Waals surface area contributed by atoms with Crippen molar-refractivity contribution < 1.29 is 9.50 Å². The molecule has 2 N–H and O–H groups in total. The zero-order valence-corrected chi connectivity index (χ0v) is 11.0. The van der Waals surface area contributed by atoms with Crippen LogP contribution in [0.5, 0.6) is 0 Å². The number of rotatable bonds is 3. The highest BCUT2D eigenvalue weighted by Crippen LogP contribution is 2.23. The monoisotopic (exact) mass is 302 g/mol. The van der Waals surface area contributed by atoms with Gasteiger partial charge in [0.1, 0.15) is 12.4 Å². The average molecular weight is 303 g/mol. The van der Waals surface area contributed by atoms with Crippen LogP contribution in [0, 0.1) is 0 Å². The Morgan fingerprint density at radius 2 is 2.06 bits per heavy atom. The van der Waals surface area contributed by atoms with Gasteiger partial charge in [0.2, 0.25) is 0 Å². The molecule has 0 radical (unpaired) electrons. The fourth-order valence-electron chi connectivity index (χ4n) is 2.08. The minimum Gasteiger partial charge on any atom is -0.373 e. The normalized spacial score (nSPS) is 26.8. The Morgan fingerprint density at radius 3 is 2.65 bits per heavy atom. The Morgan fingerprint density at radius 1 is 1.35 bits per heavy atom. The van der Waals surface area contributed by atoms with Gasteiger partial charge in [-0.2, -0.15) is 0 Å². The van der Waals surface area contributed by atoms with Crippen LogP contribution >= 0.6 is 15.9 Å². The first-order chi connectivity index (χ1) is 8.15. The van der Waals surface area contributed by atoms with Crippen LogP contribution in [0.2, 0.25) is 0 Å². The topological polar surface area (TPSA) is 45.1 Å². The van der Waals surface area contributed by atoms with Gasteiger partial charge < -0.3 is 5.11 Å². The van der Waals surface area contributed by atoms with Gasteiger partial charge in [-0.3, -0.25) is 10.3 Å². The summed E-state index contributed by atoms with van der Waals surface area (Å²) in [5, 5.41) is 13.0. The molecular weight excluding hydrogens is 287 g/mol. The number of hydrogen-bond donors (Lipinski definition) is 2. The number of hydrogen-bond acceptors (Lipinski definition) is 3. The first kappa shape index (κ1) is 12.9. The van der Waals surface area contributed by atoms with Crippen LogP contribution in [0.3, 0.4) is 0 Å². The summed E-state index contributed by atoms with van der Waals surface area (Å²) >= 11 is 3.29. The van der Waals surface area contributed by atoms with E-state index >= 15 is 0 Å². The van der Waals surface area contributed by atoms with Gasteiger partial charge in [-0.05, 0) is 53.7 Å². The number of nitrogens with zero attached hydrogens (tertiary/aromatic N) is 1. The van der Waals surface area contributed by atoms with Crippen LogP contribution in [0.25, 0.3) is 0 Å². The minimum atomic E-state index is -0.774. The maximum absolute atomic E-state index is 13.0. The molecule has 1 aromatic heterocycles. The Labute approximate surface area is 109 Å². The molecule has 1 unspecified atom stereocenters. The molecule has 0 amide bonds. The van der Waals surface area contributed by atoms with Crippen LogP contribution in [0.4, 0.5) is 4.39 Å². The molecule has 0 spiro atoms. The van der Waals surface area contributed by atoms with Crippen molar-refractivity contribution in [1.29, 1.82) is 0 Å². The molecule has 94 valence electrons. The highest BCUT2D eigenvalue weighted by molar-refractivity contribution is 9.10. The van der Waals surface area contributed by atoms with Crippen molar-refractivity contribution in [3.63, 3.8) is 0 Å². The number of halogens is 2. The van der Waals surface area contributed by atoms with E-state index < -0.39 is 12.4 Å². The molecule has 0 aliphatic heterocycles. The lowest BCUT2D eigenvalue weighted by Crippen LogP contribution is -2.36. The fraction of sp³-hybridized carbons (Fsp3) is 0.583.